The molecule has 1 atom stereocenters. The molecule has 5 heteroatoms. The van der Waals surface area contributed by atoms with Gasteiger partial charge in [-0.3, -0.25) is 9.80 Å². The van der Waals surface area contributed by atoms with Gasteiger partial charge in [-0.1, -0.05) is 6.92 Å². The van der Waals surface area contributed by atoms with Crippen molar-refractivity contribution in [1.29, 1.82) is 0 Å². The van der Waals surface area contributed by atoms with E-state index in [1.54, 1.807) is 7.11 Å². The second kappa shape index (κ2) is 8.71. The largest absolute Gasteiger partial charge is 0.381 e. The van der Waals surface area contributed by atoms with Crippen LogP contribution in [0.5, 0.6) is 0 Å². The van der Waals surface area contributed by atoms with E-state index in [4.69, 9.17) is 4.74 Å². The fraction of sp³-hybridized carbons (Fsp3) is 0.938. The summed E-state index contributed by atoms with van der Waals surface area (Å²) in [6, 6.07) is 0.593. The molecule has 0 aromatic carbocycles. The molecule has 0 aromatic rings. The first-order valence-corrected chi connectivity index (χ1v) is 8.56. The van der Waals surface area contributed by atoms with Crippen molar-refractivity contribution >= 4 is 5.91 Å². The second-order valence-electron chi connectivity index (χ2n) is 6.21. The van der Waals surface area contributed by atoms with Crippen LogP contribution in [0.25, 0.3) is 0 Å². The number of hydrazine groups is 1. The van der Waals surface area contributed by atoms with Crippen molar-refractivity contribution in [3.63, 3.8) is 0 Å². The number of methoxy groups -OCH3 is 1. The molecule has 1 amide bonds. The van der Waals surface area contributed by atoms with Gasteiger partial charge in [0.25, 0.3) is 0 Å². The predicted molar refractivity (Wildman–Crippen MR) is 83.9 cm³/mol. The van der Waals surface area contributed by atoms with Crippen molar-refractivity contribution in [3.05, 3.63) is 0 Å². The van der Waals surface area contributed by atoms with Gasteiger partial charge in [-0.05, 0) is 45.1 Å². The summed E-state index contributed by atoms with van der Waals surface area (Å²) in [6.45, 7) is 6.13. The highest BCUT2D eigenvalue weighted by molar-refractivity contribution is 5.76. The predicted octanol–water partition coefficient (Wildman–Crippen LogP) is 1.78. The first kappa shape index (κ1) is 16.7. The summed E-state index contributed by atoms with van der Waals surface area (Å²) >= 11 is 0. The molecule has 5 nitrogen and oxygen atoms in total. The molecule has 21 heavy (non-hydrogen) atoms. The number of carbonyl (C=O) groups excluding carboxylic acids is 1. The van der Waals surface area contributed by atoms with Crippen LogP contribution in [0.1, 0.15) is 51.9 Å². The van der Waals surface area contributed by atoms with Crippen LogP contribution in [0, 0.1) is 0 Å². The Bertz CT molecular complexity index is 313. The summed E-state index contributed by atoms with van der Waals surface area (Å²) in [5.41, 5.74) is 0. The Balaban J connectivity index is 1.65. The average molecular weight is 297 g/mol. The number of hydrogen-bond acceptors (Lipinski definition) is 4. The monoisotopic (exact) mass is 297 g/mol. The molecule has 2 heterocycles. The molecule has 1 N–H and O–H groups in total. The zero-order valence-electron chi connectivity index (χ0n) is 13.6. The number of nitrogens with one attached hydrogen (secondary N) is 1. The lowest BCUT2D eigenvalue weighted by atomic mass is 10.0. The minimum absolute atomic E-state index is 0.318. The number of ether oxygens (including phenoxy) is 1. The summed E-state index contributed by atoms with van der Waals surface area (Å²) < 4.78 is 5.40. The van der Waals surface area contributed by atoms with Gasteiger partial charge in [-0.25, -0.2) is 5.01 Å². The molecule has 2 aliphatic rings. The van der Waals surface area contributed by atoms with E-state index in [0.717, 1.165) is 71.1 Å². The fourth-order valence-corrected chi connectivity index (χ4v) is 3.34. The van der Waals surface area contributed by atoms with Crippen LogP contribution in [0.4, 0.5) is 0 Å². The van der Waals surface area contributed by atoms with Gasteiger partial charge in [0.2, 0.25) is 5.91 Å². The van der Waals surface area contributed by atoms with Gasteiger partial charge in [0, 0.05) is 39.2 Å². The third-order valence-electron chi connectivity index (χ3n) is 4.80. The maximum atomic E-state index is 11.9. The zero-order chi connectivity index (χ0) is 15.1. The summed E-state index contributed by atoms with van der Waals surface area (Å²) in [7, 11) is 1.79. The lowest BCUT2D eigenvalue weighted by molar-refractivity contribution is -0.155. The Hall–Kier alpha value is -0.650. The molecule has 0 unspecified atom stereocenters. The lowest BCUT2D eigenvalue weighted by Crippen LogP contribution is -2.54. The lowest BCUT2D eigenvalue weighted by Gasteiger charge is -2.41. The van der Waals surface area contributed by atoms with E-state index >= 15 is 0 Å². The van der Waals surface area contributed by atoms with Crippen molar-refractivity contribution in [1.82, 2.24) is 15.3 Å². The summed E-state index contributed by atoms with van der Waals surface area (Å²) in [4.78, 5) is 11.9. The molecular weight excluding hydrogens is 266 g/mol. The molecule has 122 valence electrons. The van der Waals surface area contributed by atoms with E-state index in [-0.39, 0.29) is 0 Å². The zero-order valence-corrected chi connectivity index (χ0v) is 13.6. The van der Waals surface area contributed by atoms with Crippen LogP contribution < -0.4 is 5.32 Å². The van der Waals surface area contributed by atoms with Gasteiger partial charge in [-0.2, -0.15) is 0 Å². The third-order valence-corrected chi connectivity index (χ3v) is 4.80. The van der Waals surface area contributed by atoms with E-state index in [0.29, 0.717) is 18.1 Å². The number of carbonyl (C=O) groups is 1. The second-order valence-corrected chi connectivity index (χ2v) is 6.21. The van der Waals surface area contributed by atoms with Gasteiger partial charge in [0.15, 0.2) is 0 Å². The molecule has 0 aromatic heterocycles. The van der Waals surface area contributed by atoms with E-state index in [1.807, 2.05) is 5.01 Å². The highest BCUT2D eigenvalue weighted by Crippen LogP contribution is 2.18. The van der Waals surface area contributed by atoms with Crippen molar-refractivity contribution in [2.45, 2.75) is 64.0 Å². The van der Waals surface area contributed by atoms with E-state index in [9.17, 15) is 4.79 Å². The Morgan fingerprint density at radius 1 is 1.29 bits per heavy atom. The smallest absolute Gasteiger partial charge is 0.236 e. The molecule has 0 radical (unpaired) electrons. The van der Waals surface area contributed by atoms with Gasteiger partial charge in [0.05, 0.1) is 6.10 Å². The molecule has 0 aliphatic carbocycles. The number of piperidine rings is 2. The Kier molecular flexibility index (Phi) is 6.93. The van der Waals surface area contributed by atoms with E-state index in [1.165, 1.54) is 0 Å². The molecule has 2 aliphatic heterocycles. The molecule has 0 bridgehead atoms. The van der Waals surface area contributed by atoms with Crippen LogP contribution in [0.15, 0.2) is 0 Å². The minimum Gasteiger partial charge on any atom is -0.381 e. The van der Waals surface area contributed by atoms with Crippen molar-refractivity contribution in [2.24, 2.45) is 0 Å². The Morgan fingerprint density at radius 2 is 2.05 bits per heavy atom. The molecule has 0 saturated carbocycles. The molecule has 2 saturated heterocycles. The number of nitrogens with zero attached hydrogens (tertiary/aromatic N) is 2. The maximum absolute atomic E-state index is 11.9. The van der Waals surface area contributed by atoms with Crippen molar-refractivity contribution in [2.75, 3.05) is 33.3 Å². The average Bonchev–Trinajstić information content (AvgIpc) is 2.53. The molecular formula is C16H31N3O2. The maximum Gasteiger partial charge on any atom is 0.236 e. The topological polar surface area (TPSA) is 44.8 Å². The van der Waals surface area contributed by atoms with Gasteiger partial charge in [0.1, 0.15) is 0 Å². The van der Waals surface area contributed by atoms with Crippen molar-refractivity contribution < 1.29 is 9.53 Å². The summed E-state index contributed by atoms with van der Waals surface area (Å²) in [5, 5.41) is 7.91. The van der Waals surface area contributed by atoms with Crippen molar-refractivity contribution in [3.8, 4) is 0 Å². The third kappa shape index (κ3) is 4.94. The van der Waals surface area contributed by atoms with Crippen LogP contribution >= 0.6 is 0 Å². The SMILES string of the molecule is CC[C@H](CCNC1CCN(N2CCCCC2=O)CC1)OC. The number of hydrogen-bond donors (Lipinski definition) is 1. The molecule has 2 fully saturated rings. The fourth-order valence-electron chi connectivity index (χ4n) is 3.34. The quantitative estimate of drug-likeness (QED) is 0.778. The Morgan fingerprint density at radius 3 is 2.67 bits per heavy atom. The number of amides is 1. The Labute approximate surface area is 129 Å². The van der Waals surface area contributed by atoms with Gasteiger partial charge in [-0.15, -0.1) is 0 Å². The standard InChI is InChI=1S/C16H31N3O2/c1-3-15(21-2)7-10-17-14-8-12-18(13-9-14)19-11-5-4-6-16(19)20/h14-15,17H,3-13H2,1-2H3/t15-/m1/s1. The van der Waals surface area contributed by atoms with E-state index < -0.39 is 0 Å². The molecule has 0 spiro atoms. The van der Waals surface area contributed by atoms with Gasteiger partial charge >= 0.3 is 0 Å². The van der Waals surface area contributed by atoms with E-state index in [2.05, 4.69) is 17.2 Å². The minimum atomic E-state index is 0.318. The van der Waals surface area contributed by atoms with Crippen LogP contribution in [0.2, 0.25) is 0 Å². The van der Waals surface area contributed by atoms with Crippen LogP contribution in [-0.2, 0) is 9.53 Å². The van der Waals surface area contributed by atoms with Gasteiger partial charge < -0.3 is 10.1 Å². The highest BCUT2D eigenvalue weighted by atomic mass is 16.5. The molecule has 2 rings (SSSR count). The first-order chi connectivity index (χ1) is 10.2. The first-order valence-electron chi connectivity index (χ1n) is 8.56. The van der Waals surface area contributed by atoms with Crippen LogP contribution in [-0.4, -0.2) is 61.4 Å². The normalized spacial score (nSPS) is 23.5. The highest BCUT2D eigenvalue weighted by Gasteiger charge is 2.28. The summed E-state index contributed by atoms with van der Waals surface area (Å²) in [5.74, 6) is 0.318. The van der Waals surface area contributed by atoms with Crippen LogP contribution in [0.3, 0.4) is 0 Å². The number of rotatable bonds is 7. The summed E-state index contributed by atoms with van der Waals surface area (Å²) in [6.07, 6.45) is 7.74.